The van der Waals surface area contributed by atoms with Gasteiger partial charge in [-0.2, -0.15) is 13.1 Å². The quantitative estimate of drug-likeness (QED) is 0.205. The van der Waals surface area contributed by atoms with E-state index in [4.69, 9.17) is 27.9 Å². The number of esters is 1. The fourth-order valence-corrected chi connectivity index (χ4v) is 7.72. The van der Waals surface area contributed by atoms with Crippen LogP contribution in [-0.2, 0) is 19.6 Å². The second-order valence-electron chi connectivity index (χ2n) is 9.47. The number of halogens is 4. The number of thioether (sulfide) groups is 1. The fourth-order valence-electron chi connectivity index (χ4n) is 4.22. The minimum absolute atomic E-state index is 0.0123. The second kappa shape index (κ2) is 15.3. The van der Waals surface area contributed by atoms with Gasteiger partial charge < -0.3 is 19.5 Å². The van der Waals surface area contributed by atoms with Crippen molar-refractivity contribution in [3.63, 3.8) is 0 Å². The van der Waals surface area contributed by atoms with E-state index in [-0.39, 0.29) is 44.8 Å². The Labute approximate surface area is 268 Å². The Morgan fingerprint density at radius 2 is 1.93 bits per heavy atom. The zero-order chi connectivity index (χ0) is 32.8. The number of rotatable bonds is 12. The molecule has 1 amide bonds. The third-order valence-electron chi connectivity index (χ3n) is 6.37. The van der Waals surface area contributed by atoms with E-state index >= 15 is 0 Å². The van der Waals surface area contributed by atoms with Gasteiger partial charge in [0.25, 0.3) is 5.91 Å². The molecule has 15 heteroatoms. The van der Waals surface area contributed by atoms with Crippen molar-refractivity contribution >= 4 is 56.9 Å². The first kappa shape index (κ1) is 35.4. The van der Waals surface area contributed by atoms with Gasteiger partial charge in [0.1, 0.15) is 6.10 Å². The van der Waals surface area contributed by atoms with Crippen LogP contribution in [0.4, 0.5) is 8.78 Å². The van der Waals surface area contributed by atoms with Crippen molar-refractivity contribution < 1.29 is 41.4 Å². The van der Waals surface area contributed by atoms with Gasteiger partial charge in [0.05, 0.1) is 4.90 Å². The van der Waals surface area contributed by atoms with Crippen LogP contribution in [0.5, 0.6) is 11.5 Å². The van der Waals surface area contributed by atoms with Crippen molar-refractivity contribution in [1.82, 2.24) is 9.21 Å². The minimum Gasteiger partial charge on any atom is -0.504 e. The number of alkyl halides is 2. The monoisotopic (exact) mass is 690 g/mol. The maximum atomic E-state index is 13.7. The largest absolute Gasteiger partial charge is 0.504 e. The SMILES string of the molecule is C=C/C(Cl)=C(C[C@H](OC(=O)[C@@H]1SCCN1S(=O)(=O)c1cccc(C(=O)N(C)C)c1)c1ccc(OC(F)F)c(O)c1)\C(Cl)=C/C. The summed E-state index contributed by atoms with van der Waals surface area (Å²) >= 11 is 13.8. The van der Waals surface area contributed by atoms with Crippen molar-refractivity contribution in [3.8, 4) is 11.5 Å². The van der Waals surface area contributed by atoms with E-state index in [1.54, 1.807) is 13.0 Å². The first-order valence-corrected chi connectivity index (χ1v) is 16.2. The standard InChI is InChI=1S/C29H30Cl2F2N2O7S2/c1-5-21(30)20(22(31)6-2)16-25(17-10-11-24(23(36)15-17)42-29(32)33)41-28(38)27-35(12-13-43-27)44(39,40)19-9-7-8-18(14-19)26(37)34(3)4/h5-11,14-15,25,27,29,36H,1,12-13,16H2,2-4H3/b21-20+,22-6+/t25-,27-/m0/s1. The summed E-state index contributed by atoms with van der Waals surface area (Å²) in [4.78, 5) is 27.2. The number of aromatic hydroxyl groups is 1. The molecule has 0 aromatic heterocycles. The summed E-state index contributed by atoms with van der Waals surface area (Å²) in [5, 5.41) is 9.39. The normalized spacial score (nSPS) is 17.2. The highest BCUT2D eigenvalue weighted by Gasteiger charge is 2.42. The van der Waals surface area contributed by atoms with Crippen LogP contribution < -0.4 is 4.74 Å². The smallest absolute Gasteiger partial charge is 0.387 e. The third kappa shape index (κ3) is 8.33. The second-order valence-corrected chi connectivity index (χ2v) is 13.4. The molecule has 0 radical (unpaired) electrons. The van der Waals surface area contributed by atoms with E-state index in [0.29, 0.717) is 5.57 Å². The number of phenolic OH excluding ortho intramolecular Hbond substituents is 1. The molecule has 0 aliphatic carbocycles. The molecule has 1 heterocycles. The van der Waals surface area contributed by atoms with Crippen molar-refractivity contribution in [1.29, 1.82) is 0 Å². The van der Waals surface area contributed by atoms with Gasteiger partial charge in [-0.15, -0.1) is 11.8 Å². The molecule has 1 fully saturated rings. The number of sulfonamides is 1. The lowest BCUT2D eigenvalue weighted by molar-refractivity contribution is -0.150. The molecule has 9 nitrogen and oxygen atoms in total. The zero-order valence-corrected chi connectivity index (χ0v) is 27.0. The molecule has 0 bridgehead atoms. The number of carbonyl (C=O) groups excluding carboxylic acids is 2. The summed E-state index contributed by atoms with van der Waals surface area (Å²) in [5.41, 5.74) is 0.638. The Morgan fingerprint density at radius 3 is 2.52 bits per heavy atom. The van der Waals surface area contributed by atoms with Crippen LogP contribution >= 0.6 is 35.0 Å². The molecule has 1 aliphatic rings. The van der Waals surface area contributed by atoms with Gasteiger partial charge in [0, 0.05) is 48.4 Å². The predicted octanol–water partition coefficient (Wildman–Crippen LogP) is 6.26. The Morgan fingerprint density at radius 1 is 1.23 bits per heavy atom. The van der Waals surface area contributed by atoms with Crippen molar-refractivity contribution in [2.75, 3.05) is 26.4 Å². The summed E-state index contributed by atoms with van der Waals surface area (Å²) in [6.07, 6.45) is 1.52. The van der Waals surface area contributed by atoms with E-state index in [0.717, 1.165) is 28.2 Å². The number of hydrogen-bond donors (Lipinski definition) is 1. The van der Waals surface area contributed by atoms with Crippen molar-refractivity contribution in [3.05, 3.63) is 88.0 Å². The fraction of sp³-hybridized carbons (Fsp3) is 0.310. The zero-order valence-electron chi connectivity index (χ0n) is 23.9. The maximum absolute atomic E-state index is 13.7. The van der Waals surface area contributed by atoms with Crippen LogP contribution in [-0.4, -0.2) is 73.0 Å². The lowest BCUT2D eigenvalue weighted by atomic mass is 9.99. The van der Waals surface area contributed by atoms with E-state index in [1.807, 2.05) is 0 Å². The van der Waals surface area contributed by atoms with Crippen LogP contribution in [0, 0.1) is 0 Å². The first-order chi connectivity index (χ1) is 20.7. The summed E-state index contributed by atoms with van der Waals surface area (Å²) in [5.74, 6) is -2.20. The molecule has 238 valence electrons. The Kier molecular flexibility index (Phi) is 12.3. The van der Waals surface area contributed by atoms with Crippen LogP contribution in [0.3, 0.4) is 0 Å². The van der Waals surface area contributed by atoms with Gasteiger partial charge in [-0.1, -0.05) is 54.1 Å². The lowest BCUT2D eigenvalue weighted by Crippen LogP contribution is -2.40. The molecule has 2 aromatic rings. The number of carbonyl (C=O) groups is 2. The maximum Gasteiger partial charge on any atom is 0.387 e. The first-order valence-electron chi connectivity index (χ1n) is 13.0. The Bertz CT molecular complexity index is 1580. The number of amides is 1. The topological polar surface area (TPSA) is 113 Å². The van der Waals surface area contributed by atoms with Gasteiger partial charge in [-0.05, 0) is 48.4 Å². The summed E-state index contributed by atoms with van der Waals surface area (Å²) in [6, 6.07) is 8.96. The van der Waals surface area contributed by atoms with Gasteiger partial charge >= 0.3 is 12.6 Å². The molecular formula is C29H30Cl2F2N2O7S2. The summed E-state index contributed by atoms with van der Waals surface area (Å²) in [6.45, 7) is 2.08. The highest BCUT2D eigenvalue weighted by molar-refractivity contribution is 8.02. The van der Waals surface area contributed by atoms with E-state index < -0.39 is 51.5 Å². The number of benzene rings is 2. The summed E-state index contributed by atoms with van der Waals surface area (Å²) in [7, 11) is -1.18. The van der Waals surface area contributed by atoms with Gasteiger partial charge in [0.15, 0.2) is 16.9 Å². The van der Waals surface area contributed by atoms with E-state index in [9.17, 15) is 31.9 Å². The van der Waals surface area contributed by atoms with E-state index in [1.165, 1.54) is 55.4 Å². The van der Waals surface area contributed by atoms with E-state index in [2.05, 4.69) is 11.3 Å². The number of ether oxygens (including phenoxy) is 2. The summed E-state index contributed by atoms with van der Waals surface area (Å²) < 4.78 is 64.0. The Balaban J connectivity index is 1.99. The Hall–Kier alpha value is -3.10. The number of hydrogen-bond acceptors (Lipinski definition) is 8. The minimum atomic E-state index is -4.26. The van der Waals surface area contributed by atoms with Gasteiger partial charge in [-0.25, -0.2) is 13.2 Å². The molecule has 2 atom stereocenters. The molecule has 2 aromatic carbocycles. The van der Waals surface area contributed by atoms with Crippen LogP contribution in [0.15, 0.2) is 81.7 Å². The highest BCUT2D eigenvalue weighted by atomic mass is 35.5. The third-order valence-corrected chi connectivity index (χ3v) is 10.4. The average molecular weight is 692 g/mol. The molecule has 1 aliphatic heterocycles. The molecule has 3 rings (SSSR count). The van der Waals surface area contributed by atoms with Crippen LogP contribution in [0.1, 0.15) is 35.4 Å². The molecule has 0 saturated carbocycles. The van der Waals surface area contributed by atoms with Gasteiger partial charge in [-0.3, -0.25) is 4.79 Å². The predicted molar refractivity (Wildman–Crippen MR) is 165 cm³/mol. The van der Waals surface area contributed by atoms with Crippen LogP contribution in [0.25, 0.3) is 0 Å². The number of allylic oxidation sites excluding steroid dienone is 4. The highest BCUT2D eigenvalue weighted by Crippen LogP contribution is 2.39. The number of phenols is 1. The lowest BCUT2D eigenvalue weighted by Gasteiger charge is -2.26. The molecular weight excluding hydrogens is 661 g/mol. The molecule has 1 saturated heterocycles. The molecule has 0 spiro atoms. The number of nitrogens with zero attached hydrogens (tertiary/aromatic N) is 2. The van der Waals surface area contributed by atoms with Crippen LogP contribution in [0.2, 0.25) is 0 Å². The average Bonchev–Trinajstić information content (AvgIpc) is 3.50. The molecule has 0 unspecified atom stereocenters. The molecule has 44 heavy (non-hydrogen) atoms. The molecule has 1 N–H and O–H groups in total. The van der Waals surface area contributed by atoms with Crippen molar-refractivity contribution in [2.24, 2.45) is 0 Å². The van der Waals surface area contributed by atoms with Gasteiger partial charge in [0.2, 0.25) is 10.0 Å². The van der Waals surface area contributed by atoms with Crippen molar-refractivity contribution in [2.45, 2.75) is 36.3 Å².